The van der Waals surface area contributed by atoms with Gasteiger partial charge in [0.2, 0.25) is 5.96 Å². The Kier molecular flexibility index (Phi) is 5.11. The Labute approximate surface area is 159 Å². The van der Waals surface area contributed by atoms with Gasteiger partial charge in [0, 0.05) is 30.3 Å². The maximum absolute atomic E-state index is 12.8. The molecule has 0 unspecified atom stereocenters. The van der Waals surface area contributed by atoms with E-state index in [-0.39, 0.29) is 11.6 Å². The Balaban J connectivity index is 1.93. The molecule has 0 bridgehead atoms. The second-order valence-electron chi connectivity index (χ2n) is 5.65. The number of nitro groups is 1. The van der Waals surface area contributed by atoms with E-state index in [1.807, 2.05) is 0 Å². The monoisotopic (exact) mass is 392 g/mol. The third kappa shape index (κ3) is 3.49. The van der Waals surface area contributed by atoms with Gasteiger partial charge in [0.1, 0.15) is 5.69 Å². The van der Waals surface area contributed by atoms with Gasteiger partial charge in [0.05, 0.1) is 15.0 Å². The van der Waals surface area contributed by atoms with E-state index < -0.39 is 4.92 Å². The first-order chi connectivity index (χ1) is 12.4. The second-order valence-corrected chi connectivity index (χ2v) is 6.46. The summed E-state index contributed by atoms with van der Waals surface area (Å²) in [5, 5.41) is 14.7. The van der Waals surface area contributed by atoms with Crippen molar-refractivity contribution >= 4 is 46.4 Å². The number of para-hydroxylation sites is 1. The molecule has 1 amide bonds. The van der Waals surface area contributed by atoms with E-state index in [1.54, 1.807) is 25.1 Å². The Hall–Kier alpha value is -2.64. The number of aryl methyl sites for hydroxylation is 1. The van der Waals surface area contributed by atoms with Crippen molar-refractivity contribution in [2.45, 2.75) is 6.92 Å². The Morgan fingerprint density at radius 1 is 1.27 bits per heavy atom. The molecule has 26 heavy (non-hydrogen) atoms. The number of nitrogens with one attached hydrogen (secondary N) is 1. The molecule has 1 aliphatic heterocycles. The molecule has 7 nitrogen and oxygen atoms in total. The smallest absolute Gasteiger partial charge is 0.272 e. The van der Waals surface area contributed by atoms with Crippen LogP contribution in [0.4, 0.5) is 11.4 Å². The van der Waals surface area contributed by atoms with Gasteiger partial charge in [0.15, 0.2) is 0 Å². The van der Waals surface area contributed by atoms with Crippen molar-refractivity contribution in [3.05, 3.63) is 67.7 Å². The lowest BCUT2D eigenvalue weighted by Gasteiger charge is -2.16. The highest BCUT2D eigenvalue weighted by Gasteiger charge is 2.27. The van der Waals surface area contributed by atoms with Crippen molar-refractivity contribution in [3.8, 4) is 0 Å². The van der Waals surface area contributed by atoms with Crippen LogP contribution in [-0.2, 0) is 0 Å². The maximum atomic E-state index is 12.8. The summed E-state index contributed by atoms with van der Waals surface area (Å²) in [4.78, 5) is 29.1. The molecule has 1 saturated heterocycles. The molecular formula is C17H14Cl2N4O3. The minimum absolute atomic E-state index is 0.0298. The highest BCUT2D eigenvalue weighted by molar-refractivity contribution is 6.38. The summed E-state index contributed by atoms with van der Waals surface area (Å²) in [6.45, 7) is 2.53. The molecule has 0 atom stereocenters. The number of hydrogen-bond donors (Lipinski definition) is 1. The van der Waals surface area contributed by atoms with E-state index in [4.69, 9.17) is 23.2 Å². The number of aliphatic imine (C=N–C) groups is 1. The topological polar surface area (TPSA) is 87.8 Å². The largest absolute Gasteiger partial charge is 0.354 e. The summed E-state index contributed by atoms with van der Waals surface area (Å²) in [6.07, 6.45) is 0. The van der Waals surface area contributed by atoms with Crippen molar-refractivity contribution in [3.63, 3.8) is 0 Å². The van der Waals surface area contributed by atoms with Gasteiger partial charge in [-0.2, -0.15) is 0 Å². The van der Waals surface area contributed by atoms with Gasteiger partial charge >= 0.3 is 0 Å². The summed E-state index contributed by atoms with van der Waals surface area (Å²) in [7, 11) is 0. The SMILES string of the molecule is Cc1cc(C(=O)N2CCN/C2=N\c2c(Cl)cccc2Cl)ccc1[N+](=O)[O-]. The fourth-order valence-corrected chi connectivity index (χ4v) is 3.11. The Bertz CT molecular complexity index is 910. The van der Waals surface area contributed by atoms with Crippen molar-refractivity contribution in [1.82, 2.24) is 10.2 Å². The van der Waals surface area contributed by atoms with Crippen LogP contribution < -0.4 is 5.32 Å². The van der Waals surface area contributed by atoms with Crippen molar-refractivity contribution < 1.29 is 9.72 Å². The van der Waals surface area contributed by atoms with Crippen LogP contribution in [0, 0.1) is 17.0 Å². The lowest BCUT2D eigenvalue weighted by molar-refractivity contribution is -0.385. The van der Waals surface area contributed by atoms with E-state index in [0.29, 0.717) is 45.9 Å². The number of nitrogens with zero attached hydrogens (tertiary/aromatic N) is 3. The normalized spacial score (nSPS) is 15.2. The number of guanidine groups is 1. The minimum Gasteiger partial charge on any atom is -0.354 e. The molecular weight excluding hydrogens is 379 g/mol. The van der Waals surface area contributed by atoms with Crippen LogP contribution in [0.5, 0.6) is 0 Å². The van der Waals surface area contributed by atoms with Gasteiger partial charge in [-0.25, -0.2) is 4.99 Å². The van der Waals surface area contributed by atoms with Crippen LogP contribution in [0.3, 0.4) is 0 Å². The highest BCUT2D eigenvalue weighted by atomic mass is 35.5. The summed E-state index contributed by atoms with van der Waals surface area (Å²) >= 11 is 12.3. The zero-order chi connectivity index (χ0) is 18.8. The molecule has 0 spiro atoms. The van der Waals surface area contributed by atoms with Crippen molar-refractivity contribution in [1.29, 1.82) is 0 Å². The third-order valence-corrected chi connectivity index (χ3v) is 4.53. The van der Waals surface area contributed by atoms with E-state index in [2.05, 4.69) is 10.3 Å². The van der Waals surface area contributed by atoms with Gasteiger partial charge in [0.25, 0.3) is 11.6 Å². The van der Waals surface area contributed by atoms with Crippen LogP contribution >= 0.6 is 23.2 Å². The van der Waals surface area contributed by atoms with Crippen molar-refractivity contribution in [2.75, 3.05) is 13.1 Å². The summed E-state index contributed by atoms with van der Waals surface area (Å²) in [6, 6.07) is 9.29. The molecule has 1 fully saturated rings. The summed E-state index contributed by atoms with van der Waals surface area (Å²) in [5.74, 6) is 0.0240. The lowest BCUT2D eigenvalue weighted by atomic mass is 10.1. The van der Waals surface area contributed by atoms with Gasteiger partial charge < -0.3 is 5.32 Å². The zero-order valence-electron chi connectivity index (χ0n) is 13.7. The molecule has 2 aromatic rings. The molecule has 1 N–H and O–H groups in total. The van der Waals surface area contributed by atoms with Gasteiger partial charge in [-0.3, -0.25) is 19.8 Å². The molecule has 2 aromatic carbocycles. The molecule has 9 heteroatoms. The lowest BCUT2D eigenvalue weighted by Crippen LogP contribution is -2.35. The Morgan fingerprint density at radius 3 is 2.58 bits per heavy atom. The fraction of sp³-hybridized carbons (Fsp3) is 0.176. The minimum atomic E-state index is -0.479. The van der Waals surface area contributed by atoms with E-state index in [9.17, 15) is 14.9 Å². The number of carbonyl (C=O) groups is 1. The average molecular weight is 393 g/mol. The van der Waals surface area contributed by atoms with E-state index in [0.717, 1.165) is 0 Å². The number of nitro benzene ring substituents is 1. The zero-order valence-corrected chi connectivity index (χ0v) is 15.2. The molecule has 3 rings (SSSR count). The predicted molar refractivity (Wildman–Crippen MR) is 100 cm³/mol. The number of amides is 1. The van der Waals surface area contributed by atoms with Crippen LogP contribution in [0.25, 0.3) is 0 Å². The standard InChI is InChI=1S/C17H14Cl2N4O3/c1-10-9-11(5-6-14(10)23(25)26)16(24)22-8-7-20-17(22)21-15-12(18)3-2-4-13(15)19/h2-6,9H,7-8H2,1H3,(H,20,21). The first kappa shape index (κ1) is 18.2. The van der Waals surface area contributed by atoms with Crippen molar-refractivity contribution in [2.24, 2.45) is 4.99 Å². The third-order valence-electron chi connectivity index (χ3n) is 3.92. The first-order valence-electron chi connectivity index (χ1n) is 7.72. The number of benzene rings is 2. The van der Waals surface area contributed by atoms with Crippen LogP contribution in [-0.4, -0.2) is 34.8 Å². The number of carbonyl (C=O) groups excluding carboxylic acids is 1. The predicted octanol–water partition coefficient (Wildman–Crippen LogP) is 3.94. The van der Waals surface area contributed by atoms with E-state index in [1.165, 1.54) is 23.1 Å². The number of hydrogen-bond acceptors (Lipinski definition) is 4. The Morgan fingerprint density at radius 2 is 1.96 bits per heavy atom. The van der Waals surface area contributed by atoms with Gasteiger partial charge in [-0.05, 0) is 31.2 Å². The molecule has 0 radical (unpaired) electrons. The van der Waals surface area contributed by atoms with Crippen LogP contribution in [0.1, 0.15) is 15.9 Å². The summed E-state index contributed by atoms with van der Waals surface area (Å²) in [5.41, 5.74) is 1.10. The molecule has 0 aliphatic carbocycles. The quantitative estimate of drug-likeness (QED) is 0.632. The molecule has 1 aliphatic rings. The van der Waals surface area contributed by atoms with E-state index >= 15 is 0 Å². The fourth-order valence-electron chi connectivity index (χ4n) is 2.63. The number of halogens is 2. The molecule has 0 aromatic heterocycles. The molecule has 134 valence electrons. The maximum Gasteiger partial charge on any atom is 0.272 e. The molecule has 0 saturated carbocycles. The van der Waals surface area contributed by atoms with Crippen LogP contribution in [0.2, 0.25) is 10.0 Å². The van der Waals surface area contributed by atoms with Gasteiger partial charge in [-0.1, -0.05) is 29.3 Å². The first-order valence-corrected chi connectivity index (χ1v) is 8.47. The van der Waals surface area contributed by atoms with Crippen LogP contribution in [0.15, 0.2) is 41.4 Å². The number of rotatable bonds is 3. The highest BCUT2D eigenvalue weighted by Crippen LogP contribution is 2.33. The average Bonchev–Trinajstić information content (AvgIpc) is 3.05. The van der Waals surface area contributed by atoms with Gasteiger partial charge in [-0.15, -0.1) is 0 Å². The molecule has 1 heterocycles. The summed E-state index contributed by atoms with van der Waals surface area (Å²) < 4.78 is 0. The second kappa shape index (κ2) is 7.31.